The average Bonchev–Trinajstić information content (AvgIpc) is 2.59. The van der Waals surface area contributed by atoms with E-state index in [1.807, 2.05) is 18.2 Å². The van der Waals surface area contributed by atoms with Gasteiger partial charge in [0, 0.05) is 37.6 Å². The third-order valence-corrected chi connectivity index (χ3v) is 4.45. The van der Waals surface area contributed by atoms with Gasteiger partial charge in [-0.2, -0.15) is 0 Å². The summed E-state index contributed by atoms with van der Waals surface area (Å²) in [6.45, 7) is 3.89. The predicted octanol–water partition coefficient (Wildman–Crippen LogP) is 2.68. The Balaban J connectivity index is 1.51. The van der Waals surface area contributed by atoms with Crippen molar-refractivity contribution < 1.29 is 4.79 Å². The molecule has 1 saturated heterocycles. The second-order valence-corrected chi connectivity index (χ2v) is 6.29. The van der Waals surface area contributed by atoms with Crippen LogP contribution in [-0.2, 0) is 4.79 Å². The van der Waals surface area contributed by atoms with Crippen LogP contribution in [0.2, 0.25) is 5.02 Å². The van der Waals surface area contributed by atoms with E-state index in [0.29, 0.717) is 22.9 Å². The van der Waals surface area contributed by atoms with E-state index in [-0.39, 0.29) is 5.91 Å². The van der Waals surface area contributed by atoms with Crippen molar-refractivity contribution in [2.45, 2.75) is 0 Å². The lowest BCUT2D eigenvalue weighted by Gasteiger charge is -2.35. The number of para-hydroxylation sites is 1. The average molecular weight is 345 g/mol. The molecule has 126 valence electrons. The van der Waals surface area contributed by atoms with Gasteiger partial charge in [-0.3, -0.25) is 9.69 Å². The van der Waals surface area contributed by atoms with Gasteiger partial charge in [0.15, 0.2) is 0 Å². The van der Waals surface area contributed by atoms with Gasteiger partial charge >= 0.3 is 0 Å². The summed E-state index contributed by atoms with van der Waals surface area (Å²) in [5, 5.41) is 3.33. The second kappa shape index (κ2) is 7.55. The molecule has 0 aliphatic carbocycles. The number of nitrogens with two attached hydrogens (primary N) is 1. The van der Waals surface area contributed by atoms with E-state index in [1.54, 1.807) is 18.2 Å². The highest BCUT2D eigenvalue weighted by Gasteiger charge is 2.19. The molecular formula is C18H21ClN4O. The zero-order valence-corrected chi connectivity index (χ0v) is 14.2. The molecule has 2 aromatic rings. The van der Waals surface area contributed by atoms with Gasteiger partial charge in [-0.15, -0.1) is 0 Å². The highest BCUT2D eigenvalue weighted by molar-refractivity contribution is 6.33. The zero-order valence-electron chi connectivity index (χ0n) is 13.4. The molecule has 3 N–H and O–H groups in total. The first kappa shape index (κ1) is 16.6. The number of benzene rings is 2. The van der Waals surface area contributed by atoms with Crippen LogP contribution in [0.5, 0.6) is 0 Å². The molecule has 1 fully saturated rings. The maximum Gasteiger partial charge on any atom is 0.238 e. The fourth-order valence-electron chi connectivity index (χ4n) is 2.83. The number of nitrogen functional groups attached to an aromatic ring is 1. The van der Waals surface area contributed by atoms with E-state index in [9.17, 15) is 4.79 Å². The quantitative estimate of drug-likeness (QED) is 0.837. The van der Waals surface area contributed by atoms with E-state index >= 15 is 0 Å². The molecule has 1 aliphatic rings. The van der Waals surface area contributed by atoms with Gasteiger partial charge in [0.2, 0.25) is 5.91 Å². The van der Waals surface area contributed by atoms with Crippen molar-refractivity contribution in [3.8, 4) is 0 Å². The van der Waals surface area contributed by atoms with Gasteiger partial charge in [0.05, 0.1) is 17.3 Å². The molecule has 2 aromatic carbocycles. The number of carbonyl (C=O) groups is 1. The topological polar surface area (TPSA) is 61.6 Å². The van der Waals surface area contributed by atoms with Crippen molar-refractivity contribution in [2.75, 3.05) is 48.7 Å². The fraction of sp³-hybridized carbons (Fsp3) is 0.278. The first-order valence-corrected chi connectivity index (χ1v) is 8.37. The Labute approximate surface area is 147 Å². The van der Waals surface area contributed by atoms with Crippen LogP contribution in [0.3, 0.4) is 0 Å². The number of nitrogens with one attached hydrogen (secondary N) is 1. The first-order chi connectivity index (χ1) is 11.6. The minimum absolute atomic E-state index is 0.0735. The zero-order chi connectivity index (χ0) is 16.9. The first-order valence-electron chi connectivity index (χ1n) is 7.99. The summed E-state index contributed by atoms with van der Waals surface area (Å²) in [4.78, 5) is 16.7. The summed E-state index contributed by atoms with van der Waals surface area (Å²) < 4.78 is 0. The van der Waals surface area contributed by atoms with E-state index in [0.717, 1.165) is 26.2 Å². The van der Waals surface area contributed by atoms with Crippen LogP contribution >= 0.6 is 11.6 Å². The molecule has 1 amide bonds. The molecule has 0 spiro atoms. The molecule has 0 saturated carbocycles. The normalized spacial score (nSPS) is 15.3. The maximum absolute atomic E-state index is 12.2. The standard InChI is InChI=1S/C18H21ClN4O/c19-16-7-6-14(20)12-17(16)21-18(24)13-22-8-10-23(11-9-22)15-4-2-1-3-5-15/h1-7,12H,8-11,13,20H2,(H,21,24). The van der Waals surface area contributed by atoms with Crippen LogP contribution in [0, 0.1) is 0 Å². The van der Waals surface area contributed by atoms with E-state index < -0.39 is 0 Å². The summed E-state index contributed by atoms with van der Waals surface area (Å²) in [5.41, 5.74) is 8.10. The van der Waals surface area contributed by atoms with E-state index in [2.05, 4.69) is 27.2 Å². The van der Waals surface area contributed by atoms with Crippen molar-refractivity contribution in [3.05, 3.63) is 53.6 Å². The summed E-state index contributed by atoms with van der Waals surface area (Å²) in [7, 11) is 0. The Hall–Kier alpha value is -2.24. The highest BCUT2D eigenvalue weighted by atomic mass is 35.5. The number of anilines is 3. The van der Waals surface area contributed by atoms with Crippen LogP contribution in [0.4, 0.5) is 17.1 Å². The lowest BCUT2D eigenvalue weighted by molar-refractivity contribution is -0.117. The van der Waals surface area contributed by atoms with Gasteiger partial charge in [-0.05, 0) is 30.3 Å². The van der Waals surface area contributed by atoms with Gasteiger partial charge in [0.25, 0.3) is 0 Å². The number of carbonyl (C=O) groups excluding carboxylic acids is 1. The Kier molecular flexibility index (Phi) is 5.23. The van der Waals surface area contributed by atoms with Gasteiger partial charge < -0.3 is 16.0 Å². The van der Waals surface area contributed by atoms with Gasteiger partial charge in [-0.25, -0.2) is 0 Å². The van der Waals surface area contributed by atoms with Crippen molar-refractivity contribution in [2.24, 2.45) is 0 Å². The molecule has 24 heavy (non-hydrogen) atoms. The van der Waals surface area contributed by atoms with Crippen LogP contribution in [0.1, 0.15) is 0 Å². The molecule has 5 nitrogen and oxygen atoms in total. The van der Waals surface area contributed by atoms with Crippen molar-refractivity contribution in [1.29, 1.82) is 0 Å². The Morgan fingerprint density at radius 1 is 1.08 bits per heavy atom. The molecule has 0 aromatic heterocycles. The van der Waals surface area contributed by atoms with Crippen LogP contribution in [0.15, 0.2) is 48.5 Å². The molecule has 3 rings (SSSR count). The third kappa shape index (κ3) is 4.19. The molecule has 0 bridgehead atoms. The largest absolute Gasteiger partial charge is 0.399 e. The molecule has 1 heterocycles. The fourth-order valence-corrected chi connectivity index (χ4v) is 3.00. The summed E-state index contributed by atoms with van der Waals surface area (Å²) in [6.07, 6.45) is 0. The van der Waals surface area contributed by atoms with E-state index in [4.69, 9.17) is 17.3 Å². The van der Waals surface area contributed by atoms with E-state index in [1.165, 1.54) is 5.69 Å². The summed E-state index contributed by atoms with van der Waals surface area (Å²) in [6, 6.07) is 15.4. The summed E-state index contributed by atoms with van der Waals surface area (Å²) >= 11 is 6.08. The number of nitrogens with zero attached hydrogens (tertiary/aromatic N) is 2. The Bertz CT molecular complexity index is 699. The number of rotatable bonds is 4. The van der Waals surface area contributed by atoms with Crippen molar-refractivity contribution in [1.82, 2.24) is 4.90 Å². The Morgan fingerprint density at radius 2 is 1.79 bits per heavy atom. The highest BCUT2D eigenvalue weighted by Crippen LogP contribution is 2.24. The van der Waals surface area contributed by atoms with Crippen molar-refractivity contribution >= 4 is 34.6 Å². The minimum atomic E-state index is -0.0735. The molecule has 0 radical (unpaired) electrons. The SMILES string of the molecule is Nc1ccc(Cl)c(NC(=O)CN2CCN(c3ccccc3)CC2)c1. The third-order valence-electron chi connectivity index (χ3n) is 4.13. The lowest BCUT2D eigenvalue weighted by atomic mass is 10.2. The molecule has 0 unspecified atom stereocenters. The number of halogens is 1. The van der Waals surface area contributed by atoms with Gasteiger partial charge in [0.1, 0.15) is 0 Å². The number of hydrogen-bond donors (Lipinski definition) is 2. The number of hydrogen-bond acceptors (Lipinski definition) is 4. The van der Waals surface area contributed by atoms with Crippen LogP contribution in [0.25, 0.3) is 0 Å². The number of piperazine rings is 1. The molecule has 0 atom stereocenters. The number of amides is 1. The monoisotopic (exact) mass is 344 g/mol. The van der Waals surface area contributed by atoms with Crippen molar-refractivity contribution in [3.63, 3.8) is 0 Å². The smallest absolute Gasteiger partial charge is 0.238 e. The molecule has 6 heteroatoms. The van der Waals surface area contributed by atoms with Gasteiger partial charge in [-0.1, -0.05) is 29.8 Å². The van der Waals surface area contributed by atoms with Crippen LogP contribution < -0.4 is 16.0 Å². The Morgan fingerprint density at radius 3 is 2.50 bits per heavy atom. The molecular weight excluding hydrogens is 324 g/mol. The van der Waals surface area contributed by atoms with Crippen LogP contribution in [-0.4, -0.2) is 43.5 Å². The molecule has 1 aliphatic heterocycles. The minimum Gasteiger partial charge on any atom is -0.399 e. The second-order valence-electron chi connectivity index (χ2n) is 5.89. The predicted molar refractivity (Wildman–Crippen MR) is 99.6 cm³/mol. The maximum atomic E-state index is 12.2. The lowest BCUT2D eigenvalue weighted by Crippen LogP contribution is -2.48. The summed E-state index contributed by atoms with van der Waals surface area (Å²) in [5.74, 6) is -0.0735.